The van der Waals surface area contributed by atoms with E-state index in [0.29, 0.717) is 12.0 Å². The maximum absolute atomic E-state index is 9.43. The van der Waals surface area contributed by atoms with E-state index in [1.165, 1.54) is 5.56 Å². The van der Waals surface area contributed by atoms with Crippen molar-refractivity contribution in [2.45, 2.75) is 43.7 Å². The van der Waals surface area contributed by atoms with Gasteiger partial charge in [0.1, 0.15) is 0 Å². The Bertz CT molecular complexity index is 389. The Kier molecular flexibility index (Phi) is 5.01. The van der Waals surface area contributed by atoms with Gasteiger partial charge in [-0.2, -0.15) is 0 Å². The molecular formula is C15H22BrNO2. The van der Waals surface area contributed by atoms with Crippen LogP contribution in [-0.2, 0) is 0 Å². The van der Waals surface area contributed by atoms with Crippen molar-refractivity contribution in [3.05, 3.63) is 34.3 Å². The van der Waals surface area contributed by atoms with E-state index in [-0.39, 0.29) is 13.2 Å². The largest absolute Gasteiger partial charge is 0.394 e. The molecule has 1 aliphatic rings. The summed E-state index contributed by atoms with van der Waals surface area (Å²) in [5.74, 6) is 0.595. The van der Waals surface area contributed by atoms with Crippen molar-refractivity contribution in [1.29, 1.82) is 0 Å². The van der Waals surface area contributed by atoms with E-state index < -0.39 is 5.54 Å². The summed E-state index contributed by atoms with van der Waals surface area (Å²) in [6.45, 7) is 1.96. The van der Waals surface area contributed by atoms with E-state index in [4.69, 9.17) is 0 Å². The average Bonchev–Trinajstić information content (AvgIpc) is 2.40. The van der Waals surface area contributed by atoms with Crippen LogP contribution >= 0.6 is 15.9 Å². The standard InChI is InChI=1S/C15H22BrNO2/c1-2-15(9-18,10-19)17-14-7-12(8-14)11-3-5-13(16)6-4-11/h3-6,12,14,17-19H,2,7-10H2,1H3. The molecular weight excluding hydrogens is 306 g/mol. The van der Waals surface area contributed by atoms with Crippen LogP contribution in [0.5, 0.6) is 0 Å². The molecule has 3 N–H and O–H groups in total. The molecule has 0 unspecified atom stereocenters. The van der Waals surface area contributed by atoms with Gasteiger partial charge in [0.25, 0.3) is 0 Å². The molecule has 1 aliphatic carbocycles. The van der Waals surface area contributed by atoms with Crippen LogP contribution in [0.3, 0.4) is 0 Å². The van der Waals surface area contributed by atoms with Crippen molar-refractivity contribution in [2.75, 3.05) is 13.2 Å². The molecule has 19 heavy (non-hydrogen) atoms. The normalized spacial score (nSPS) is 23.2. The molecule has 1 fully saturated rings. The zero-order valence-corrected chi connectivity index (χ0v) is 12.9. The van der Waals surface area contributed by atoms with Crippen molar-refractivity contribution < 1.29 is 10.2 Å². The third-order valence-electron chi connectivity index (χ3n) is 4.27. The van der Waals surface area contributed by atoms with Gasteiger partial charge in [0.15, 0.2) is 0 Å². The molecule has 0 atom stereocenters. The molecule has 4 heteroatoms. The van der Waals surface area contributed by atoms with E-state index in [0.717, 1.165) is 23.7 Å². The van der Waals surface area contributed by atoms with Gasteiger partial charge in [-0.1, -0.05) is 35.0 Å². The van der Waals surface area contributed by atoms with Gasteiger partial charge in [-0.15, -0.1) is 0 Å². The first-order valence-corrected chi connectivity index (χ1v) is 7.66. The predicted octanol–water partition coefficient (Wildman–Crippen LogP) is 2.42. The van der Waals surface area contributed by atoms with Crippen LogP contribution in [0.15, 0.2) is 28.7 Å². The summed E-state index contributed by atoms with van der Waals surface area (Å²) >= 11 is 3.45. The summed E-state index contributed by atoms with van der Waals surface area (Å²) in [7, 11) is 0. The highest BCUT2D eigenvalue weighted by Gasteiger charge is 2.36. The smallest absolute Gasteiger partial charge is 0.0647 e. The van der Waals surface area contributed by atoms with Gasteiger partial charge >= 0.3 is 0 Å². The van der Waals surface area contributed by atoms with Crippen LogP contribution < -0.4 is 5.32 Å². The molecule has 1 aromatic rings. The zero-order valence-electron chi connectivity index (χ0n) is 11.3. The zero-order chi connectivity index (χ0) is 13.9. The fourth-order valence-corrected chi connectivity index (χ4v) is 2.91. The van der Waals surface area contributed by atoms with E-state index >= 15 is 0 Å². The maximum Gasteiger partial charge on any atom is 0.0647 e. The molecule has 0 radical (unpaired) electrons. The first-order valence-electron chi connectivity index (χ1n) is 6.87. The summed E-state index contributed by atoms with van der Waals surface area (Å²) in [6.07, 6.45) is 2.88. The Morgan fingerprint density at radius 1 is 1.21 bits per heavy atom. The van der Waals surface area contributed by atoms with Crippen molar-refractivity contribution in [2.24, 2.45) is 0 Å². The summed E-state index contributed by atoms with van der Waals surface area (Å²) in [4.78, 5) is 0. The van der Waals surface area contributed by atoms with Gasteiger partial charge in [0.05, 0.1) is 18.8 Å². The van der Waals surface area contributed by atoms with Crippen LogP contribution in [-0.4, -0.2) is 35.0 Å². The lowest BCUT2D eigenvalue weighted by molar-refractivity contribution is 0.0627. The minimum atomic E-state index is -0.518. The molecule has 0 amide bonds. The second kappa shape index (κ2) is 6.35. The highest BCUT2D eigenvalue weighted by Crippen LogP contribution is 2.38. The Morgan fingerprint density at radius 2 is 1.79 bits per heavy atom. The molecule has 0 heterocycles. The number of aliphatic hydroxyl groups excluding tert-OH is 2. The van der Waals surface area contributed by atoms with Gasteiger partial charge in [-0.05, 0) is 42.9 Å². The summed E-state index contributed by atoms with van der Waals surface area (Å²) in [5.41, 5.74) is 0.853. The first-order chi connectivity index (χ1) is 9.12. The Morgan fingerprint density at radius 3 is 2.26 bits per heavy atom. The molecule has 0 bridgehead atoms. The molecule has 1 aromatic carbocycles. The minimum Gasteiger partial charge on any atom is -0.394 e. The quantitative estimate of drug-likeness (QED) is 0.752. The highest BCUT2D eigenvalue weighted by atomic mass is 79.9. The van der Waals surface area contributed by atoms with Gasteiger partial charge in [0.2, 0.25) is 0 Å². The third kappa shape index (κ3) is 3.37. The number of rotatable bonds is 6. The van der Waals surface area contributed by atoms with Crippen molar-refractivity contribution >= 4 is 15.9 Å². The molecule has 3 nitrogen and oxygen atoms in total. The monoisotopic (exact) mass is 327 g/mol. The van der Waals surface area contributed by atoms with Crippen LogP contribution in [0.4, 0.5) is 0 Å². The number of benzene rings is 1. The molecule has 0 aliphatic heterocycles. The lowest BCUT2D eigenvalue weighted by atomic mass is 9.74. The van der Waals surface area contributed by atoms with Crippen molar-refractivity contribution in [1.82, 2.24) is 5.32 Å². The van der Waals surface area contributed by atoms with E-state index in [2.05, 4.69) is 45.5 Å². The Hall–Kier alpha value is -0.420. The van der Waals surface area contributed by atoms with Crippen LogP contribution in [0.25, 0.3) is 0 Å². The molecule has 106 valence electrons. The van der Waals surface area contributed by atoms with Gasteiger partial charge in [-0.3, -0.25) is 0 Å². The molecule has 0 spiro atoms. The second-order valence-electron chi connectivity index (χ2n) is 5.51. The number of halogens is 1. The van der Waals surface area contributed by atoms with Crippen LogP contribution in [0.1, 0.15) is 37.7 Å². The Balaban J connectivity index is 1.87. The average molecular weight is 328 g/mol. The fraction of sp³-hybridized carbons (Fsp3) is 0.600. The van der Waals surface area contributed by atoms with Crippen molar-refractivity contribution in [3.8, 4) is 0 Å². The van der Waals surface area contributed by atoms with Gasteiger partial charge < -0.3 is 15.5 Å². The summed E-state index contributed by atoms with van der Waals surface area (Å²) in [6, 6.07) is 8.88. The molecule has 0 aromatic heterocycles. The number of hydrogen-bond acceptors (Lipinski definition) is 3. The SMILES string of the molecule is CCC(CO)(CO)NC1CC(c2ccc(Br)cc2)C1. The summed E-state index contributed by atoms with van der Waals surface area (Å²) < 4.78 is 1.11. The predicted molar refractivity (Wildman–Crippen MR) is 80.2 cm³/mol. The van der Waals surface area contributed by atoms with Crippen LogP contribution in [0.2, 0.25) is 0 Å². The van der Waals surface area contributed by atoms with Gasteiger partial charge in [0, 0.05) is 10.5 Å². The number of nitrogens with one attached hydrogen (secondary N) is 1. The summed E-state index contributed by atoms with van der Waals surface area (Å²) in [5, 5.41) is 22.3. The minimum absolute atomic E-state index is 0.0144. The first kappa shape index (κ1) is 15.0. The Labute approximate surface area is 123 Å². The van der Waals surface area contributed by atoms with E-state index in [1.54, 1.807) is 0 Å². The highest BCUT2D eigenvalue weighted by molar-refractivity contribution is 9.10. The maximum atomic E-state index is 9.43. The lowest BCUT2D eigenvalue weighted by Gasteiger charge is -2.43. The molecule has 0 saturated heterocycles. The molecule has 1 saturated carbocycles. The van der Waals surface area contributed by atoms with E-state index in [1.807, 2.05) is 6.92 Å². The number of aliphatic hydroxyl groups is 2. The van der Waals surface area contributed by atoms with Crippen molar-refractivity contribution in [3.63, 3.8) is 0 Å². The lowest BCUT2D eigenvalue weighted by Crippen LogP contribution is -2.58. The van der Waals surface area contributed by atoms with Gasteiger partial charge in [-0.25, -0.2) is 0 Å². The molecule has 2 rings (SSSR count). The fourth-order valence-electron chi connectivity index (χ4n) is 2.64. The van der Waals surface area contributed by atoms with E-state index in [9.17, 15) is 10.2 Å². The third-order valence-corrected chi connectivity index (χ3v) is 4.80. The topological polar surface area (TPSA) is 52.5 Å². The number of hydrogen-bond donors (Lipinski definition) is 3. The second-order valence-corrected chi connectivity index (χ2v) is 6.43. The van der Waals surface area contributed by atoms with Crippen LogP contribution in [0, 0.1) is 0 Å².